The van der Waals surface area contributed by atoms with Gasteiger partial charge < -0.3 is 10.6 Å². The molecule has 104 valence electrons. The van der Waals surface area contributed by atoms with Crippen LogP contribution in [0.4, 0.5) is 4.39 Å². The maximum Gasteiger partial charge on any atom is 0.254 e. The average molecular weight is 329 g/mol. The minimum atomic E-state index is -0.416. The van der Waals surface area contributed by atoms with Gasteiger partial charge in [0, 0.05) is 24.7 Å². The Kier molecular flexibility index (Phi) is 4.58. The van der Waals surface area contributed by atoms with Crippen LogP contribution in [0.1, 0.15) is 30.1 Å². The van der Waals surface area contributed by atoms with Gasteiger partial charge in [0.15, 0.2) is 0 Å². The van der Waals surface area contributed by atoms with Gasteiger partial charge in [0.25, 0.3) is 5.91 Å². The molecule has 0 spiro atoms. The van der Waals surface area contributed by atoms with Gasteiger partial charge in [-0.2, -0.15) is 0 Å². The SMILES string of the molecule is CC1CCN(C(=O)c2ccc(Br)c(F)c2)C(CN)C1. The average Bonchev–Trinajstić information content (AvgIpc) is 2.41. The zero-order valence-corrected chi connectivity index (χ0v) is 12.5. The van der Waals surface area contributed by atoms with Crippen molar-refractivity contribution in [1.82, 2.24) is 4.90 Å². The van der Waals surface area contributed by atoms with Gasteiger partial charge in [-0.05, 0) is 52.9 Å². The Labute approximate surface area is 121 Å². The molecule has 1 heterocycles. The van der Waals surface area contributed by atoms with Gasteiger partial charge in [-0.3, -0.25) is 4.79 Å². The summed E-state index contributed by atoms with van der Waals surface area (Å²) in [6.07, 6.45) is 1.89. The summed E-state index contributed by atoms with van der Waals surface area (Å²) in [5, 5.41) is 0. The minimum absolute atomic E-state index is 0.0583. The second kappa shape index (κ2) is 6.01. The summed E-state index contributed by atoms with van der Waals surface area (Å²) in [6, 6.07) is 4.54. The predicted octanol–water partition coefficient (Wildman–Crippen LogP) is 2.79. The van der Waals surface area contributed by atoms with Crippen LogP contribution in [0.5, 0.6) is 0 Å². The van der Waals surface area contributed by atoms with E-state index in [4.69, 9.17) is 5.73 Å². The molecule has 1 aliphatic heterocycles. The molecule has 19 heavy (non-hydrogen) atoms. The van der Waals surface area contributed by atoms with Crippen molar-refractivity contribution < 1.29 is 9.18 Å². The van der Waals surface area contributed by atoms with Crippen molar-refractivity contribution >= 4 is 21.8 Å². The number of nitrogens with two attached hydrogens (primary N) is 1. The van der Waals surface area contributed by atoms with Crippen LogP contribution in [0.3, 0.4) is 0 Å². The number of nitrogens with zero attached hydrogens (tertiary/aromatic N) is 1. The molecule has 1 aromatic carbocycles. The first kappa shape index (κ1) is 14.5. The number of hydrogen-bond donors (Lipinski definition) is 1. The number of rotatable bonds is 2. The molecule has 0 radical (unpaired) electrons. The lowest BCUT2D eigenvalue weighted by atomic mass is 9.92. The van der Waals surface area contributed by atoms with Crippen molar-refractivity contribution in [2.75, 3.05) is 13.1 Å². The van der Waals surface area contributed by atoms with Gasteiger partial charge in [-0.25, -0.2) is 4.39 Å². The number of halogens is 2. The molecule has 2 N–H and O–H groups in total. The number of carbonyl (C=O) groups excluding carboxylic acids is 1. The largest absolute Gasteiger partial charge is 0.334 e. The maximum atomic E-state index is 13.5. The van der Waals surface area contributed by atoms with Gasteiger partial charge in [0.2, 0.25) is 0 Å². The Balaban J connectivity index is 2.20. The third kappa shape index (κ3) is 3.15. The fraction of sp³-hybridized carbons (Fsp3) is 0.500. The lowest BCUT2D eigenvalue weighted by Crippen LogP contribution is -2.49. The normalized spacial score (nSPS) is 23.5. The van der Waals surface area contributed by atoms with E-state index >= 15 is 0 Å². The molecule has 1 fully saturated rings. The molecule has 0 bridgehead atoms. The van der Waals surface area contributed by atoms with E-state index in [1.165, 1.54) is 6.07 Å². The van der Waals surface area contributed by atoms with E-state index in [1.54, 1.807) is 17.0 Å². The van der Waals surface area contributed by atoms with Crippen molar-refractivity contribution in [2.24, 2.45) is 11.7 Å². The quantitative estimate of drug-likeness (QED) is 0.907. The van der Waals surface area contributed by atoms with Crippen molar-refractivity contribution in [3.8, 4) is 0 Å². The van der Waals surface area contributed by atoms with Crippen LogP contribution in [0.15, 0.2) is 22.7 Å². The zero-order valence-electron chi connectivity index (χ0n) is 10.9. The molecule has 2 unspecified atom stereocenters. The summed E-state index contributed by atoms with van der Waals surface area (Å²) in [4.78, 5) is 14.2. The molecule has 3 nitrogen and oxygen atoms in total. The second-order valence-electron chi connectivity index (χ2n) is 5.15. The number of benzene rings is 1. The molecule has 2 atom stereocenters. The monoisotopic (exact) mass is 328 g/mol. The second-order valence-corrected chi connectivity index (χ2v) is 6.00. The highest BCUT2D eigenvalue weighted by Crippen LogP contribution is 2.24. The molecule has 1 saturated heterocycles. The van der Waals surface area contributed by atoms with Crippen molar-refractivity contribution in [3.05, 3.63) is 34.1 Å². The summed E-state index contributed by atoms with van der Waals surface area (Å²) < 4.78 is 13.9. The van der Waals surface area contributed by atoms with Gasteiger partial charge in [-0.15, -0.1) is 0 Å². The van der Waals surface area contributed by atoms with E-state index in [2.05, 4.69) is 22.9 Å². The van der Waals surface area contributed by atoms with Crippen LogP contribution in [0.25, 0.3) is 0 Å². The van der Waals surface area contributed by atoms with E-state index in [-0.39, 0.29) is 11.9 Å². The van der Waals surface area contributed by atoms with Crippen LogP contribution in [-0.2, 0) is 0 Å². The third-order valence-electron chi connectivity index (χ3n) is 3.68. The summed E-state index contributed by atoms with van der Waals surface area (Å²) in [5.74, 6) is 0.0357. The highest BCUT2D eigenvalue weighted by molar-refractivity contribution is 9.10. The Hall–Kier alpha value is -0.940. The van der Waals surface area contributed by atoms with E-state index in [0.717, 1.165) is 12.8 Å². The molecule has 2 rings (SSSR count). The van der Waals surface area contributed by atoms with E-state index in [1.807, 2.05) is 0 Å². The highest BCUT2D eigenvalue weighted by atomic mass is 79.9. The summed E-state index contributed by atoms with van der Waals surface area (Å²) in [6.45, 7) is 3.32. The van der Waals surface area contributed by atoms with Gasteiger partial charge in [-0.1, -0.05) is 6.92 Å². The lowest BCUT2D eigenvalue weighted by Gasteiger charge is -2.38. The summed E-state index contributed by atoms with van der Waals surface area (Å²) in [5.41, 5.74) is 6.13. The topological polar surface area (TPSA) is 46.3 Å². The summed E-state index contributed by atoms with van der Waals surface area (Å²) >= 11 is 3.09. The van der Waals surface area contributed by atoms with Gasteiger partial charge in [0.1, 0.15) is 5.82 Å². The van der Waals surface area contributed by atoms with Crippen molar-refractivity contribution in [2.45, 2.75) is 25.8 Å². The van der Waals surface area contributed by atoms with Crippen molar-refractivity contribution in [3.63, 3.8) is 0 Å². The Morgan fingerprint density at radius 1 is 1.58 bits per heavy atom. The van der Waals surface area contributed by atoms with Crippen LogP contribution >= 0.6 is 15.9 Å². The van der Waals surface area contributed by atoms with Crippen LogP contribution in [0.2, 0.25) is 0 Å². The smallest absolute Gasteiger partial charge is 0.254 e. The standard InChI is InChI=1S/C14H18BrFN2O/c1-9-4-5-18(11(6-9)8-17)14(19)10-2-3-12(15)13(16)7-10/h2-3,7,9,11H,4-6,8,17H2,1H3. The lowest BCUT2D eigenvalue weighted by molar-refractivity contribution is 0.0573. The Morgan fingerprint density at radius 3 is 2.95 bits per heavy atom. The molecular formula is C14H18BrFN2O. The fourth-order valence-corrected chi connectivity index (χ4v) is 2.78. The van der Waals surface area contributed by atoms with E-state index in [9.17, 15) is 9.18 Å². The number of piperidine rings is 1. The van der Waals surface area contributed by atoms with Crippen LogP contribution in [-0.4, -0.2) is 29.9 Å². The Morgan fingerprint density at radius 2 is 2.32 bits per heavy atom. The molecular weight excluding hydrogens is 311 g/mol. The van der Waals surface area contributed by atoms with Crippen molar-refractivity contribution in [1.29, 1.82) is 0 Å². The number of carbonyl (C=O) groups is 1. The molecule has 0 aromatic heterocycles. The molecule has 1 aromatic rings. The minimum Gasteiger partial charge on any atom is -0.334 e. The molecule has 5 heteroatoms. The molecule has 0 aliphatic carbocycles. The van der Waals surface area contributed by atoms with Gasteiger partial charge >= 0.3 is 0 Å². The number of likely N-dealkylation sites (tertiary alicyclic amines) is 1. The van der Waals surface area contributed by atoms with Crippen LogP contribution < -0.4 is 5.73 Å². The molecule has 1 amide bonds. The predicted molar refractivity (Wildman–Crippen MR) is 76.4 cm³/mol. The molecule has 1 aliphatic rings. The van der Waals surface area contributed by atoms with E-state index in [0.29, 0.717) is 29.0 Å². The van der Waals surface area contributed by atoms with E-state index < -0.39 is 5.82 Å². The summed E-state index contributed by atoms with van der Waals surface area (Å²) in [7, 11) is 0. The first-order chi connectivity index (χ1) is 9.02. The first-order valence-corrected chi connectivity index (χ1v) is 7.28. The Bertz CT molecular complexity index is 481. The zero-order chi connectivity index (χ0) is 14.0. The van der Waals surface area contributed by atoms with Crippen LogP contribution in [0, 0.1) is 11.7 Å². The molecule has 0 saturated carbocycles. The third-order valence-corrected chi connectivity index (χ3v) is 4.32. The highest BCUT2D eigenvalue weighted by Gasteiger charge is 2.29. The van der Waals surface area contributed by atoms with Gasteiger partial charge in [0.05, 0.1) is 4.47 Å². The number of amides is 1. The first-order valence-electron chi connectivity index (χ1n) is 6.49. The fourth-order valence-electron chi connectivity index (χ4n) is 2.54. The number of hydrogen-bond acceptors (Lipinski definition) is 2. The maximum absolute atomic E-state index is 13.5.